The molecule has 0 aromatic heterocycles. The number of rotatable bonds is 5. The summed E-state index contributed by atoms with van der Waals surface area (Å²) in [4.78, 5) is 12.9. The molecular formula is C11H22N2O3. The summed E-state index contributed by atoms with van der Waals surface area (Å²) in [7, 11) is 3.49. The molecule has 1 aliphatic rings. The van der Waals surface area contributed by atoms with Gasteiger partial charge in [0.05, 0.1) is 18.6 Å². The van der Waals surface area contributed by atoms with Gasteiger partial charge in [-0.15, -0.1) is 0 Å². The third-order valence-corrected chi connectivity index (χ3v) is 3.00. The number of nitrogens with zero attached hydrogens (tertiary/aromatic N) is 1. The second-order valence-corrected chi connectivity index (χ2v) is 4.39. The van der Waals surface area contributed by atoms with Crippen LogP contribution in [0.3, 0.4) is 0 Å². The summed E-state index contributed by atoms with van der Waals surface area (Å²) in [6.07, 6.45) is 2.05. The quantitative estimate of drug-likeness (QED) is 0.721. The Balaban J connectivity index is 2.31. The number of hydrogen-bond acceptors (Lipinski definition) is 4. The Bertz CT molecular complexity index is 225. The third-order valence-electron chi connectivity index (χ3n) is 3.00. The number of amides is 1. The van der Waals surface area contributed by atoms with Gasteiger partial charge in [0.25, 0.3) is 0 Å². The highest BCUT2D eigenvalue weighted by Crippen LogP contribution is 2.24. The Kier molecular flexibility index (Phi) is 5.18. The monoisotopic (exact) mass is 230 g/mol. The molecule has 1 aliphatic heterocycles. The zero-order valence-corrected chi connectivity index (χ0v) is 10.2. The zero-order chi connectivity index (χ0) is 12.0. The van der Waals surface area contributed by atoms with Crippen LogP contribution in [0.25, 0.3) is 0 Å². The van der Waals surface area contributed by atoms with Gasteiger partial charge in [0.15, 0.2) is 0 Å². The lowest BCUT2D eigenvalue weighted by Crippen LogP contribution is -2.46. The first kappa shape index (κ1) is 13.4. The van der Waals surface area contributed by atoms with Crippen molar-refractivity contribution in [2.45, 2.75) is 24.9 Å². The molecule has 0 atom stereocenters. The van der Waals surface area contributed by atoms with Crippen molar-refractivity contribution < 1.29 is 14.3 Å². The van der Waals surface area contributed by atoms with Gasteiger partial charge in [-0.05, 0) is 0 Å². The molecule has 16 heavy (non-hydrogen) atoms. The Hall–Kier alpha value is -0.650. The van der Waals surface area contributed by atoms with Crippen LogP contribution in [-0.4, -0.2) is 56.9 Å². The molecule has 94 valence electrons. The molecule has 5 heteroatoms. The minimum Gasteiger partial charge on any atom is -0.381 e. The van der Waals surface area contributed by atoms with Gasteiger partial charge in [0.1, 0.15) is 0 Å². The Labute approximate surface area is 96.9 Å². The van der Waals surface area contributed by atoms with Crippen LogP contribution in [0.5, 0.6) is 0 Å². The molecule has 0 aromatic carbocycles. The highest BCUT2D eigenvalue weighted by Gasteiger charge is 2.32. The Morgan fingerprint density at radius 1 is 1.44 bits per heavy atom. The molecule has 1 amide bonds. The van der Waals surface area contributed by atoms with Crippen molar-refractivity contribution in [1.29, 1.82) is 0 Å². The van der Waals surface area contributed by atoms with E-state index in [1.807, 2.05) is 0 Å². The van der Waals surface area contributed by atoms with Crippen molar-refractivity contribution in [2.24, 2.45) is 5.73 Å². The lowest BCUT2D eigenvalue weighted by molar-refractivity contribution is -0.135. The second-order valence-electron chi connectivity index (χ2n) is 4.39. The van der Waals surface area contributed by atoms with Crippen LogP contribution in [-0.2, 0) is 14.3 Å². The first-order valence-corrected chi connectivity index (χ1v) is 5.71. The second kappa shape index (κ2) is 6.18. The standard InChI is InChI=1S/C11H22N2O3/c1-13(2)10(14)3-6-16-11(9-12)4-7-15-8-5-11/h3-9,12H2,1-2H3. The maximum Gasteiger partial charge on any atom is 0.224 e. The molecule has 0 bridgehead atoms. The van der Waals surface area contributed by atoms with Gasteiger partial charge in [-0.25, -0.2) is 0 Å². The number of hydrogen-bond donors (Lipinski definition) is 1. The lowest BCUT2D eigenvalue weighted by Gasteiger charge is -2.36. The number of carbonyl (C=O) groups excluding carboxylic acids is 1. The van der Waals surface area contributed by atoms with Crippen molar-refractivity contribution in [3.05, 3.63) is 0 Å². The highest BCUT2D eigenvalue weighted by atomic mass is 16.5. The van der Waals surface area contributed by atoms with E-state index in [0.717, 1.165) is 12.8 Å². The van der Waals surface area contributed by atoms with Crippen molar-refractivity contribution in [3.63, 3.8) is 0 Å². The first-order chi connectivity index (χ1) is 7.59. The molecule has 0 spiro atoms. The highest BCUT2D eigenvalue weighted by molar-refractivity contribution is 5.75. The van der Waals surface area contributed by atoms with Gasteiger partial charge in [0, 0.05) is 46.7 Å². The third kappa shape index (κ3) is 3.73. The normalized spacial score (nSPS) is 19.4. The van der Waals surface area contributed by atoms with Gasteiger partial charge in [0.2, 0.25) is 5.91 Å². The molecule has 0 unspecified atom stereocenters. The van der Waals surface area contributed by atoms with Crippen LogP contribution in [0.1, 0.15) is 19.3 Å². The zero-order valence-electron chi connectivity index (χ0n) is 10.2. The van der Waals surface area contributed by atoms with E-state index < -0.39 is 0 Å². The average molecular weight is 230 g/mol. The fraction of sp³-hybridized carbons (Fsp3) is 0.909. The van der Waals surface area contributed by atoms with Gasteiger partial charge in [-0.3, -0.25) is 4.79 Å². The van der Waals surface area contributed by atoms with Gasteiger partial charge in [-0.1, -0.05) is 0 Å². The molecule has 5 nitrogen and oxygen atoms in total. The van der Waals surface area contributed by atoms with E-state index in [0.29, 0.717) is 32.8 Å². The van der Waals surface area contributed by atoms with Crippen molar-refractivity contribution in [2.75, 3.05) is 40.5 Å². The SMILES string of the molecule is CN(C)C(=O)CCOC1(CN)CCOCC1. The minimum atomic E-state index is -0.273. The van der Waals surface area contributed by atoms with Crippen LogP contribution in [0.2, 0.25) is 0 Å². The van der Waals surface area contributed by atoms with Crippen LogP contribution >= 0.6 is 0 Å². The van der Waals surface area contributed by atoms with E-state index in [1.165, 1.54) is 0 Å². The molecule has 0 saturated carbocycles. The maximum absolute atomic E-state index is 11.4. The first-order valence-electron chi connectivity index (χ1n) is 5.71. The smallest absolute Gasteiger partial charge is 0.224 e. The Morgan fingerprint density at radius 3 is 2.56 bits per heavy atom. The van der Waals surface area contributed by atoms with E-state index in [2.05, 4.69) is 0 Å². The van der Waals surface area contributed by atoms with Crippen molar-refractivity contribution in [1.82, 2.24) is 4.90 Å². The lowest BCUT2D eigenvalue weighted by atomic mass is 9.94. The minimum absolute atomic E-state index is 0.0826. The predicted molar refractivity (Wildman–Crippen MR) is 61.1 cm³/mol. The van der Waals surface area contributed by atoms with Crippen LogP contribution < -0.4 is 5.73 Å². The van der Waals surface area contributed by atoms with E-state index in [4.69, 9.17) is 15.2 Å². The van der Waals surface area contributed by atoms with E-state index in [9.17, 15) is 4.79 Å². The molecule has 2 N–H and O–H groups in total. The Morgan fingerprint density at radius 2 is 2.06 bits per heavy atom. The van der Waals surface area contributed by atoms with Crippen molar-refractivity contribution >= 4 is 5.91 Å². The van der Waals surface area contributed by atoms with E-state index in [1.54, 1.807) is 19.0 Å². The molecule has 0 aliphatic carbocycles. The van der Waals surface area contributed by atoms with Gasteiger partial charge >= 0.3 is 0 Å². The number of ether oxygens (including phenoxy) is 2. The topological polar surface area (TPSA) is 64.8 Å². The number of carbonyl (C=O) groups is 1. The predicted octanol–water partition coefficient (Wildman–Crippen LogP) is -0.0108. The molecule has 1 saturated heterocycles. The molecule has 1 heterocycles. The van der Waals surface area contributed by atoms with Gasteiger partial charge in [-0.2, -0.15) is 0 Å². The number of nitrogens with two attached hydrogens (primary N) is 1. The summed E-state index contributed by atoms with van der Waals surface area (Å²) in [6.45, 7) is 2.32. The fourth-order valence-electron chi connectivity index (χ4n) is 1.73. The van der Waals surface area contributed by atoms with Crippen molar-refractivity contribution in [3.8, 4) is 0 Å². The molecule has 0 aromatic rings. The van der Waals surface area contributed by atoms with Crippen LogP contribution in [0.15, 0.2) is 0 Å². The molecule has 1 fully saturated rings. The van der Waals surface area contributed by atoms with E-state index >= 15 is 0 Å². The maximum atomic E-state index is 11.4. The van der Waals surface area contributed by atoms with E-state index in [-0.39, 0.29) is 11.5 Å². The molecule has 1 rings (SSSR count). The molecular weight excluding hydrogens is 208 g/mol. The summed E-state index contributed by atoms with van der Waals surface area (Å²) < 4.78 is 11.1. The van der Waals surface area contributed by atoms with Gasteiger partial charge < -0.3 is 20.1 Å². The molecule has 0 radical (unpaired) electrons. The van der Waals surface area contributed by atoms with Crippen LogP contribution in [0.4, 0.5) is 0 Å². The fourth-order valence-corrected chi connectivity index (χ4v) is 1.73. The summed E-state index contributed by atoms with van der Waals surface area (Å²) >= 11 is 0. The largest absolute Gasteiger partial charge is 0.381 e. The summed E-state index contributed by atoms with van der Waals surface area (Å²) in [5, 5.41) is 0. The average Bonchev–Trinajstić information content (AvgIpc) is 2.30. The summed E-state index contributed by atoms with van der Waals surface area (Å²) in [5.41, 5.74) is 5.47. The summed E-state index contributed by atoms with van der Waals surface area (Å²) in [6, 6.07) is 0. The summed E-state index contributed by atoms with van der Waals surface area (Å²) in [5.74, 6) is 0.0826. The van der Waals surface area contributed by atoms with Crippen LogP contribution in [0, 0.1) is 0 Å².